The molecule has 0 aromatic rings. The van der Waals surface area contributed by atoms with Gasteiger partial charge in [0.2, 0.25) is 11.8 Å². The van der Waals surface area contributed by atoms with Crippen LogP contribution >= 0.6 is 0 Å². The molecular weight excluding hydrogens is 280 g/mol. The largest absolute Gasteiger partial charge is 0.480 e. The molecule has 3 N–H and O–H groups in total. The minimum atomic E-state index is -1.22. The fraction of sp³-hybridized carbons (Fsp3) is 0.692. The highest BCUT2D eigenvalue weighted by Crippen LogP contribution is 1.99. The van der Waals surface area contributed by atoms with Crippen molar-refractivity contribution >= 4 is 23.6 Å². The second kappa shape index (κ2) is 10.8. The molecule has 0 aromatic carbocycles. The van der Waals surface area contributed by atoms with E-state index < -0.39 is 24.5 Å². The van der Waals surface area contributed by atoms with Gasteiger partial charge >= 0.3 is 5.97 Å². The highest BCUT2D eigenvalue weighted by molar-refractivity contribution is 5.85. The summed E-state index contributed by atoms with van der Waals surface area (Å²) in [7, 11) is 0. The van der Waals surface area contributed by atoms with Gasteiger partial charge in [-0.3, -0.25) is 9.59 Å². The number of Topliss-reactive ketones (excluding diaryl/α,β-unsaturated/α-hetero) is 1. The van der Waals surface area contributed by atoms with E-state index in [2.05, 4.69) is 10.6 Å². The Labute approximate surface area is 123 Å². The number of amides is 2. The highest BCUT2D eigenvalue weighted by atomic mass is 16.5. The molecule has 0 rings (SSSR count). The Bertz CT molecular complexity index is 383. The smallest absolute Gasteiger partial charge is 0.326 e. The van der Waals surface area contributed by atoms with Crippen LogP contribution in [0.25, 0.3) is 0 Å². The number of carboxylic acid groups (broad SMARTS) is 1. The highest BCUT2D eigenvalue weighted by Gasteiger charge is 2.20. The van der Waals surface area contributed by atoms with E-state index in [4.69, 9.17) is 9.84 Å². The lowest BCUT2D eigenvalue weighted by molar-refractivity contribution is -0.143. The first-order valence-corrected chi connectivity index (χ1v) is 6.72. The number of rotatable bonds is 11. The van der Waals surface area contributed by atoms with E-state index in [0.717, 1.165) is 6.42 Å². The van der Waals surface area contributed by atoms with Gasteiger partial charge in [-0.25, -0.2) is 4.79 Å². The molecule has 0 unspecified atom stereocenters. The summed E-state index contributed by atoms with van der Waals surface area (Å²) in [5.41, 5.74) is 0. The lowest BCUT2D eigenvalue weighted by atomic mass is 10.1. The van der Waals surface area contributed by atoms with Crippen LogP contribution < -0.4 is 10.6 Å². The maximum atomic E-state index is 11.5. The van der Waals surface area contributed by atoms with Gasteiger partial charge in [-0.1, -0.05) is 6.92 Å². The van der Waals surface area contributed by atoms with Crippen molar-refractivity contribution in [3.63, 3.8) is 0 Å². The molecule has 2 amide bonds. The van der Waals surface area contributed by atoms with Crippen molar-refractivity contribution in [1.82, 2.24) is 10.6 Å². The first-order valence-electron chi connectivity index (χ1n) is 6.72. The minimum Gasteiger partial charge on any atom is -0.480 e. The van der Waals surface area contributed by atoms with E-state index in [1.165, 1.54) is 6.92 Å². The SMILES string of the molecule is CCCNC(=O)COCC(=O)N[C@@H](CCC(C)=O)C(=O)O. The Morgan fingerprint density at radius 2 is 1.76 bits per heavy atom. The molecular formula is C13H22N2O6. The molecule has 0 bridgehead atoms. The molecule has 0 radical (unpaired) electrons. The van der Waals surface area contributed by atoms with Gasteiger partial charge in [0.1, 0.15) is 25.0 Å². The van der Waals surface area contributed by atoms with Crippen molar-refractivity contribution in [2.45, 2.75) is 39.2 Å². The van der Waals surface area contributed by atoms with E-state index in [9.17, 15) is 19.2 Å². The molecule has 0 saturated heterocycles. The molecule has 0 spiro atoms. The van der Waals surface area contributed by atoms with Crippen LogP contribution in [0, 0.1) is 0 Å². The van der Waals surface area contributed by atoms with Crippen molar-refractivity contribution in [2.75, 3.05) is 19.8 Å². The van der Waals surface area contributed by atoms with Gasteiger partial charge in [0.25, 0.3) is 0 Å². The first-order chi connectivity index (χ1) is 9.86. The topological polar surface area (TPSA) is 122 Å². The molecule has 120 valence electrons. The van der Waals surface area contributed by atoms with Crippen LogP contribution in [0.15, 0.2) is 0 Å². The Balaban J connectivity index is 4.00. The Kier molecular flexibility index (Phi) is 9.78. The number of ether oxygens (including phenoxy) is 1. The van der Waals surface area contributed by atoms with Crippen LogP contribution in [0.5, 0.6) is 0 Å². The fourth-order valence-electron chi connectivity index (χ4n) is 1.39. The summed E-state index contributed by atoms with van der Waals surface area (Å²) in [6, 6.07) is -1.14. The first kappa shape index (κ1) is 19.0. The lowest BCUT2D eigenvalue weighted by Gasteiger charge is -2.13. The number of hydrogen-bond donors (Lipinski definition) is 3. The number of aliphatic carboxylic acids is 1. The van der Waals surface area contributed by atoms with Crippen LogP contribution in [-0.2, 0) is 23.9 Å². The summed E-state index contributed by atoms with van der Waals surface area (Å²) >= 11 is 0. The Morgan fingerprint density at radius 1 is 1.14 bits per heavy atom. The summed E-state index contributed by atoms with van der Waals surface area (Å²) < 4.78 is 4.88. The minimum absolute atomic E-state index is 0.0212. The molecule has 0 heterocycles. The van der Waals surface area contributed by atoms with Crippen molar-refractivity contribution in [3.05, 3.63) is 0 Å². The van der Waals surface area contributed by atoms with Crippen molar-refractivity contribution in [3.8, 4) is 0 Å². The van der Waals surface area contributed by atoms with Gasteiger partial charge < -0.3 is 25.3 Å². The number of carboxylic acids is 1. The summed E-state index contributed by atoms with van der Waals surface area (Å²) in [6.07, 6.45) is 0.883. The molecule has 0 aliphatic carbocycles. The normalized spacial score (nSPS) is 11.5. The predicted octanol–water partition coefficient (Wildman–Crippen LogP) is -0.532. The average molecular weight is 302 g/mol. The molecule has 0 fully saturated rings. The van der Waals surface area contributed by atoms with Crippen molar-refractivity contribution in [1.29, 1.82) is 0 Å². The quantitative estimate of drug-likeness (QED) is 0.471. The molecule has 1 atom stereocenters. The van der Waals surface area contributed by atoms with Gasteiger partial charge in [0.05, 0.1) is 0 Å². The van der Waals surface area contributed by atoms with Gasteiger partial charge in [-0.15, -0.1) is 0 Å². The zero-order chi connectivity index (χ0) is 16.3. The summed E-state index contributed by atoms with van der Waals surface area (Å²) in [6.45, 7) is 3.10. The van der Waals surface area contributed by atoms with Crippen molar-refractivity contribution in [2.24, 2.45) is 0 Å². The summed E-state index contributed by atoms with van der Waals surface area (Å²) in [5.74, 6) is -2.35. The summed E-state index contributed by atoms with van der Waals surface area (Å²) in [5, 5.41) is 13.7. The van der Waals surface area contributed by atoms with Crippen LogP contribution in [0.1, 0.15) is 33.1 Å². The standard InChI is InChI=1S/C13H22N2O6/c1-3-6-14-11(17)7-21-8-12(18)15-10(13(19)20)5-4-9(2)16/h10H,3-8H2,1-2H3,(H,14,17)(H,15,18)(H,19,20)/t10-/m0/s1. The molecule has 8 heteroatoms. The molecule has 0 saturated carbocycles. The van der Waals surface area contributed by atoms with Crippen LogP contribution in [-0.4, -0.2) is 54.5 Å². The van der Waals surface area contributed by atoms with Crippen LogP contribution in [0.2, 0.25) is 0 Å². The second-order valence-corrected chi connectivity index (χ2v) is 4.54. The molecule has 21 heavy (non-hydrogen) atoms. The van der Waals surface area contributed by atoms with Gasteiger partial charge in [0.15, 0.2) is 0 Å². The fourth-order valence-corrected chi connectivity index (χ4v) is 1.39. The van der Waals surface area contributed by atoms with Crippen LogP contribution in [0.4, 0.5) is 0 Å². The summed E-state index contributed by atoms with van der Waals surface area (Å²) in [4.78, 5) is 44.4. The van der Waals surface area contributed by atoms with Crippen LogP contribution in [0.3, 0.4) is 0 Å². The molecule has 8 nitrogen and oxygen atoms in total. The maximum Gasteiger partial charge on any atom is 0.326 e. The number of nitrogens with one attached hydrogen (secondary N) is 2. The van der Waals surface area contributed by atoms with E-state index >= 15 is 0 Å². The maximum absolute atomic E-state index is 11.5. The number of carbonyl (C=O) groups is 4. The van der Waals surface area contributed by atoms with Gasteiger partial charge in [0, 0.05) is 13.0 Å². The van der Waals surface area contributed by atoms with Gasteiger partial charge in [-0.2, -0.15) is 0 Å². The number of carbonyl (C=O) groups excluding carboxylic acids is 3. The third kappa shape index (κ3) is 10.5. The molecule has 0 aliphatic rings. The third-order valence-corrected chi connectivity index (χ3v) is 2.46. The predicted molar refractivity (Wildman–Crippen MR) is 73.6 cm³/mol. The second-order valence-electron chi connectivity index (χ2n) is 4.54. The van der Waals surface area contributed by atoms with Crippen molar-refractivity contribution < 1.29 is 29.0 Å². The monoisotopic (exact) mass is 302 g/mol. The Morgan fingerprint density at radius 3 is 2.29 bits per heavy atom. The average Bonchev–Trinajstić information content (AvgIpc) is 2.40. The number of ketones is 1. The lowest BCUT2D eigenvalue weighted by Crippen LogP contribution is -2.43. The van der Waals surface area contributed by atoms with E-state index in [1.54, 1.807) is 0 Å². The zero-order valence-corrected chi connectivity index (χ0v) is 12.3. The molecule has 0 aliphatic heterocycles. The van der Waals surface area contributed by atoms with Gasteiger partial charge in [-0.05, 0) is 19.8 Å². The number of hydrogen-bond acceptors (Lipinski definition) is 5. The third-order valence-electron chi connectivity index (χ3n) is 2.46. The van der Waals surface area contributed by atoms with E-state index in [-0.39, 0.29) is 31.1 Å². The van der Waals surface area contributed by atoms with E-state index in [1.807, 2.05) is 6.92 Å². The zero-order valence-electron chi connectivity index (χ0n) is 12.3. The van der Waals surface area contributed by atoms with E-state index in [0.29, 0.717) is 6.54 Å². The molecule has 0 aromatic heterocycles. The Hall–Kier alpha value is -1.96.